The molecule has 1 aromatic carbocycles. The Morgan fingerprint density at radius 1 is 1.21 bits per heavy atom. The standard InChI is InChI=1S/C11H15BrN2/c1-11(2,3)14-10(13)8-4-6-9(12)7-5-8/h4-7H,1-3H3,(H2,13,14). The molecule has 1 rings (SSSR count). The number of nitrogens with two attached hydrogens (primary N) is 1. The maximum Gasteiger partial charge on any atom is 0.126 e. The molecule has 76 valence electrons. The second-order valence-corrected chi connectivity index (χ2v) is 5.09. The van der Waals surface area contributed by atoms with Crippen molar-refractivity contribution in [3.63, 3.8) is 0 Å². The predicted octanol–water partition coefficient (Wildman–Crippen LogP) is 2.95. The zero-order chi connectivity index (χ0) is 10.8. The minimum Gasteiger partial charge on any atom is -0.383 e. The summed E-state index contributed by atoms with van der Waals surface area (Å²) in [6, 6.07) is 7.82. The highest BCUT2D eigenvalue weighted by Crippen LogP contribution is 2.12. The van der Waals surface area contributed by atoms with Gasteiger partial charge in [-0.2, -0.15) is 0 Å². The Bertz CT molecular complexity index is 333. The normalized spacial score (nSPS) is 13.0. The van der Waals surface area contributed by atoms with Crippen LogP contribution in [0.3, 0.4) is 0 Å². The lowest BCUT2D eigenvalue weighted by Gasteiger charge is -2.13. The molecule has 0 atom stereocenters. The molecule has 0 heterocycles. The minimum absolute atomic E-state index is 0.128. The minimum atomic E-state index is -0.128. The second-order valence-electron chi connectivity index (χ2n) is 4.17. The molecule has 0 amide bonds. The van der Waals surface area contributed by atoms with E-state index in [1.165, 1.54) is 0 Å². The van der Waals surface area contributed by atoms with Crippen LogP contribution in [0.25, 0.3) is 0 Å². The third-order valence-corrected chi connectivity index (χ3v) is 2.12. The van der Waals surface area contributed by atoms with E-state index in [9.17, 15) is 0 Å². The summed E-state index contributed by atoms with van der Waals surface area (Å²) in [5, 5.41) is 0. The zero-order valence-corrected chi connectivity index (χ0v) is 10.3. The molecule has 14 heavy (non-hydrogen) atoms. The van der Waals surface area contributed by atoms with Crippen LogP contribution in [0.4, 0.5) is 0 Å². The lowest BCUT2D eigenvalue weighted by atomic mass is 10.1. The van der Waals surface area contributed by atoms with Crippen molar-refractivity contribution in [2.45, 2.75) is 26.3 Å². The van der Waals surface area contributed by atoms with Gasteiger partial charge < -0.3 is 5.73 Å². The number of aliphatic imine (C=N–C) groups is 1. The van der Waals surface area contributed by atoms with Crippen molar-refractivity contribution in [2.24, 2.45) is 10.7 Å². The van der Waals surface area contributed by atoms with E-state index in [2.05, 4.69) is 20.9 Å². The third-order valence-electron chi connectivity index (χ3n) is 1.60. The molecule has 1 aromatic rings. The molecule has 0 saturated heterocycles. The van der Waals surface area contributed by atoms with Crippen LogP contribution in [0.15, 0.2) is 33.7 Å². The highest BCUT2D eigenvalue weighted by molar-refractivity contribution is 9.10. The van der Waals surface area contributed by atoms with Gasteiger partial charge >= 0.3 is 0 Å². The fourth-order valence-electron chi connectivity index (χ4n) is 1.05. The van der Waals surface area contributed by atoms with Gasteiger partial charge in [0.1, 0.15) is 5.84 Å². The SMILES string of the molecule is CC(C)(C)N=C(N)c1ccc(Br)cc1. The van der Waals surface area contributed by atoms with Crippen LogP contribution in [0.5, 0.6) is 0 Å². The fourth-order valence-corrected chi connectivity index (χ4v) is 1.31. The van der Waals surface area contributed by atoms with Crippen molar-refractivity contribution in [3.05, 3.63) is 34.3 Å². The number of halogens is 1. The Morgan fingerprint density at radius 3 is 2.14 bits per heavy atom. The van der Waals surface area contributed by atoms with Crippen molar-refractivity contribution in [1.82, 2.24) is 0 Å². The lowest BCUT2D eigenvalue weighted by molar-refractivity contribution is 0.583. The number of hydrogen-bond donors (Lipinski definition) is 1. The average molecular weight is 255 g/mol. The van der Waals surface area contributed by atoms with Gasteiger partial charge in [-0.25, -0.2) is 0 Å². The molecule has 0 aliphatic heterocycles. The first-order valence-corrected chi connectivity index (χ1v) is 5.29. The topological polar surface area (TPSA) is 38.4 Å². The van der Waals surface area contributed by atoms with E-state index in [-0.39, 0.29) is 5.54 Å². The Hall–Kier alpha value is -0.830. The quantitative estimate of drug-likeness (QED) is 0.608. The number of hydrogen-bond acceptors (Lipinski definition) is 1. The summed E-state index contributed by atoms with van der Waals surface area (Å²) < 4.78 is 1.05. The third kappa shape index (κ3) is 3.50. The molecular weight excluding hydrogens is 240 g/mol. The van der Waals surface area contributed by atoms with Gasteiger partial charge in [0.15, 0.2) is 0 Å². The summed E-state index contributed by atoms with van der Waals surface area (Å²) >= 11 is 3.38. The first kappa shape index (κ1) is 11.2. The molecule has 0 bridgehead atoms. The Balaban J connectivity index is 2.95. The first-order chi connectivity index (χ1) is 6.38. The van der Waals surface area contributed by atoms with E-state index in [1.807, 2.05) is 45.0 Å². The summed E-state index contributed by atoms with van der Waals surface area (Å²) in [5.74, 6) is 0.588. The smallest absolute Gasteiger partial charge is 0.126 e. The number of amidine groups is 1. The van der Waals surface area contributed by atoms with E-state index in [4.69, 9.17) is 5.73 Å². The van der Waals surface area contributed by atoms with Crippen molar-refractivity contribution in [3.8, 4) is 0 Å². The molecule has 2 nitrogen and oxygen atoms in total. The van der Waals surface area contributed by atoms with Crippen molar-refractivity contribution >= 4 is 21.8 Å². The van der Waals surface area contributed by atoms with Crippen LogP contribution in [-0.4, -0.2) is 11.4 Å². The van der Waals surface area contributed by atoms with Crippen LogP contribution < -0.4 is 5.73 Å². The Labute approximate surface area is 93.4 Å². The molecule has 0 radical (unpaired) electrons. The van der Waals surface area contributed by atoms with E-state index in [0.717, 1.165) is 10.0 Å². The second kappa shape index (κ2) is 4.13. The fraction of sp³-hybridized carbons (Fsp3) is 0.364. The monoisotopic (exact) mass is 254 g/mol. The predicted molar refractivity (Wildman–Crippen MR) is 64.6 cm³/mol. The maximum atomic E-state index is 5.87. The maximum absolute atomic E-state index is 5.87. The van der Waals surface area contributed by atoms with Gasteiger partial charge in [-0.3, -0.25) is 4.99 Å². The van der Waals surface area contributed by atoms with Crippen LogP contribution in [-0.2, 0) is 0 Å². The van der Waals surface area contributed by atoms with Gasteiger partial charge in [-0.05, 0) is 32.9 Å². The number of rotatable bonds is 1. The van der Waals surface area contributed by atoms with Gasteiger partial charge in [0.25, 0.3) is 0 Å². The molecule has 3 heteroatoms. The van der Waals surface area contributed by atoms with E-state index in [1.54, 1.807) is 0 Å². The van der Waals surface area contributed by atoms with Gasteiger partial charge in [-0.15, -0.1) is 0 Å². The number of nitrogens with zero attached hydrogens (tertiary/aromatic N) is 1. The molecule has 0 aromatic heterocycles. The largest absolute Gasteiger partial charge is 0.383 e. The molecule has 0 saturated carbocycles. The van der Waals surface area contributed by atoms with Gasteiger partial charge in [0.05, 0.1) is 5.54 Å². The molecule has 0 aliphatic rings. The van der Waals surface area contributed by atoms with Crippen LogP contribution in [0.2, 0.25) is 0 Å². The van der Waals surface area contributed by atoms with Gasteiger partial charge in [-0.1, -0.05) is 28.1 Å². The van der Waals surface area contributed by atoms with Crippen molar-refractivity contribution in [2.75, 3.05) is 0 Å². The molecule has 0 spiro atoms. The molecule has 0 aliphatic carbocycles. The zero-order valence-electron chi connectivity index (χ0n) is 8.71. The van der Waals surface area contributed by atoms with Gasteiger partial charge in [0.2, 0.25) is 0 Å². The first-order valence-electron chi connectivity index (χ1n) is 4.50. The molecular formula is C11H15BrN2. The summed E-state index contributed by atoms with van der Waals surface area (Å²) in [5.41, 5.74) is 6.70. The van der Waals surface area contributed by atoms with Crippen LogP contribution >= 0.6 is 15.9 Å². The van der Waals surface area contributed by atoms with E-state index >= 15 is 0 Å². The Kier molecular flexibility index (Phi) is 3.32. The van der Waals surface area contributed by atoms with E-state index < -0.39 is 0 Å². The van der Waals surface area contributed by atoms with Crippen LogP contribution in [0, 0.1) is 0 Å². The van der Waals surface area contributed by atoms with Crippen LogP contribution in [0.1, 0.15) is 26.3 Å². The highest BCUT2D eigenvalue weighted by atomic mass is 79.9. The van der Waals surface area contributed by atoms with Crippen molar-refractivity contribution in [1.29, 1.82) is 0 Å². The van der Waals surface area contributed by atoms with Crippen molar-refractivity contribution < 1.29 is 0 Å². The summed E-state index contributed by atoms with van der Waals surface area (Å²) in [4.78, 5) is 4.39. The molecule has 2 N–H and O–H groups in total. The average Bonchev–Trinajstić information content (AvgIpc) is 2.02. The summed E-state index contributed by atoms with van der Waals surface area (Å²) in [6.07, 6.45) is 0. The van der Waals surface area contributed by atoms with Gasteiger partial charge in [0, 0.05) is 10.0 Å². The highest BCUT2D eigenvalue weighted by Gasteiger charge is 2.08. The molecule has 0 unspecified atom stereocenters. The lowest BCUT2D eigenvalue weighted by Crippen LogP contribution is -2.21. The Morgan fingerprint density at radius 2 is 1.71 bits per heavy atom. The summed E-state index contributed by atoms with van der Waals surface area (Å²) in [7, 11) is 0. The van der Waals surface area contributed by atoms with E-state index in [0.29, 0.717) is 5.84 Å². The number of benzene rings is 1. The molecule has 0 fully saturated rings. The summed E-state index contributed by atoms with van der Waals surface area (Å²) in [6.45, 7) is 6.08.